The van der Waals surface area contributed by atoms with Gasteiger partial charge in [0.15, 0.2) is 0 Å². The van der Waals surface area contributed by atoms with E-state index in [4.69, 9.17) is 7.85 Å². The molecule has 1 aromatic rings. The zero-order valence-corrected chi connectivity index (χ0v) is 9.66. The van der Waals surface area contributed by atoms with Crippen LogP contribution in [0.2, 0.25) is 0 Å². The number of nitrogens with one attached hydrogen (secondary N) is 2. The van der Waals surface area contributed by atoms with Crippen molar-refractivity contribution in [3.8, 4) is 0 Å². The molecule has 0 aromatic carbocycles. The molecule has 0 aliphatic carbocycles. The molecule has 1 unspecified atom stereocenters. The number of amides is 1. The van der Waals surface area contributed by atoms with E-state index >= 15 is 0 Å². The monoisotopic (exact) mass is 215 g/mol. The minimum atomic E-state index is -0.567. The average Bonchev–Trinajstić information content (AvgIpc) is 2.15. The van der Waals surface area contributed by atoms with E-state index in [0.717, 1.165) is 5.69 Å². The van der Waals surface area contributed by atoms with Crippen LogP contribution in [0.5, 0.6) is 0 Å². The fraction of sp³-hybridized carbons (Fsp3) is 0.455. The number of hydrogen-bond acceptors (Lipinski definition) is 3. The summed E-state index contributed by atoms with van der Waals surface area (Å²) in [5.41, 5.74) is 1.42. The summed E-state index contributed by atoms with van der Waals surface area (Å²) in [7, 11) is 5.62. The summed E-state index contributed by atoms with van der Waals surface area (Å²) >= 11 is 0. The summed E-state index contributed by atoms with van der Waals surface area (Å²) in [5, 5.41) is 5.52. The van der Waals surface area contributed by atoms with E-state index < -0.39 is 6.07 Å². The Balaban J connectivity index is 2.46. The number of aromatic nitrogens is 1. The van der Waals surface area contributed by atoms with E-state index in [9.17, 15) is 4.79 Å². The number of pyridine rings is 1. The van der Waals surface area contributed by atoms with Gasteiger partial charge in [0.1, 0.15) is 13.7 Å². The summed E-state index contributed by atoms with van der Waals surface area (Å²) in [4.78, 5) is 16.0. The van der Waals surface area contributed by atoms with E-state index in [2.05, 4.69) is 36.4 Å². The second kappa shape index (κ2) is 3.51. The molecule has 0 saturated heterocycles. The topological polar surface area (TPSA) is 54.0 Å². The minimum Gasteiger partial charge on any atom is -0.358 e. The number of fused-ring (bicyclic) bond motifs is 1. The van der Waals surface area contributed by atoms with Gasteiger partial charge in [0.05, 0.1) is 11.6 Å². The second-order valence-electron chi connectivity index (χ2n) is 4.94. The zero-order valence-electron chi connectivity index (χ0n) is 9.66. The van der Waals surface area contributed by atoms with Gasteiger partial charge in [-0.1, -0.05) is 20.8 Å². The summed E-state index contributed by atoms with van der Waals surface area (Å²) < 4.78 is 0. The van der Waals surface area contributed by atoms with Crippen LogP contribution in [0.4, 0.5) is 5.82 Å². The van der Waals surface area contributed by atoms with Crippen molar-refractivity contribution in [3.63, 3.8) is 0 Å². The van der Waals surface area contributed by atoms with Crippen LogP contribution in [-0.4, -0.2) is 24.8 Å². The maximum atomic E-state index is 11.6. The van der Waals surface area contributed by atoms with Crippen molar-refractivity contribution in [2.75, 3.05) is 5.32 Å². The number of carbonyl (C=O) groups excluding carboxylic acids is 1. The van der Waals surface area contributed by atoms with Gasteiger partial charge in [-0.25, -0.2) is 4.98 Å². The molecule has 1 aliphatic rings. The highest BCUT2D eigenvalue weighted by Crippen LogP contribution is 2.25. The zero-order chi connectivity index (χ0) is 11.9. The number of hydrogen-bond donors (Lipinski definition) is 2. The van der Waals surface area contributed by atoms with Gasteiger partial charge >= 0.3 is 0 Å². The van der Waals surface area contributed by atoms with E-state index in [1.165, 1.54) is 0 Å². The van der Waals surface area contributed by atoms with E-state index in [1.807, 2.05) is 6.07 Å². The van der Waals surface area contributed by atoms with E-state index in [0.29, 0.717) is 11.4 Å². The highest BCUT2D eigenvalue weighted by Gasteiger charge is 2.24. The molecule has 1 amide bonds. The lowest BCUT2D eigenvalue weighted by molar-refractivity contribution is 0.0947. The van der Waals surface area contributed by atoms with Crippen LogP contribution in [0.25, 0.3) is 0 Å². The predicted octanol–water partition coefficient (Wildman–Crippen LogP) is 0.986. The second-order valence-corrected chi connectivity index (χ2v) is 4.94. The Bertz CT molecular complexity index is 439. The number of nitrogens with zero attached hydrogens (tertiary/aromatic N) is 1. The van der Waals surface area contributed by atoms with Crippen molar-refractivity contribution in [3.05, 3.63) is 23.4 Å². The Kier molecular flexibility index (Phi) is 2.41. The summed E-state index contributed by atoms with van der Waals surface area (Å²) in [6.45, 7) is 6.22. The molecular formula is C11H14BN3O. The summed E-state index contributed by atoms with van der Waals surface area (Å²) in [6.07, 6.45) is 0. The maximum absolute atomic E-state index is 11.6. The first-order valence-electron chi connectivity index (χ1n) is 5.22. The van der Waals surface area contributed by atoms with Gasteiger partial charge in [0.2, 0.25) is 0 Å². The molecule has 1 aliphatic heterocycles. The molecule has 2 rings (SSSR count). The highest BCUT2D eigenvalue weighted by molar-refractivity contribution is 6.17. The average molecular weight is 215 g/mol. The molecule has 0 spiro atoms. The normalized spacial score (nSPS) is 19.7. The number of anilines is 1. The number of rotatable bonds is 0. The first kappa shape index (κ1) is 11.0. The Morgan fingerprint density at radius 3 is 2.62 bits per heavy atom. The fourth-order valence-electron chi connectivity index (χ4n) is 1.57. The summed E-state index contributed by atoms with van der Waals surface area (Å²) in [5.74, 6) is 0.373. The molecule has 2 radical (unpaired) electrons. The van der Waals surface area contributed by atoms with Crippen LogP contribution in [0, 0.1) is 0 Å². The van der Waals surface area contributed by atoms with Crippen molar-refractivity contribution in [1.82, 2.24) is 10.3 Å². The molecule has 16 heavy (non-hydrogen) atoms. The third-order valence-electron chi connectivity index (χ3n) is 2.49. The molecule has 2 N–H and O–H groups in total. The first-order valence-corrected chi connectivity index (χ1v) is 5.22. The quantitative estimate of drug-likeness (QED) is 0.634. The van der Waals surface area contributed by atoms with Gasteiger partial charge in [0.25, 0.3) is 5.91 Å². The van der Waals surface area contributed by atoms with Crippen LogP contribution in [0.1, 0.15) is 36.8 Å². The minimum absolute atomic E-state index is 0.0469. The fourth-order valence-corrected chi connectivity index (χ4v) is 1.57. The van der Waals surface area contributed by atoms with Crippen molar-refractivity contribution in [1.29, 1.82) is 0 Å². The van der Waals surface area contributed by atoms with Gasteiger partial charge in [-0.3, -0.25) is 4.79 Å². The van der Waals surface area contributed by atoms with Crippen LogP contribution in [0.15, 0.2) is 12.1 Å². The lowest BCUT2D eigenvalue weighted by Crippen LogP contribution is -2.45. The molecule has 2 heterocycles. The Hall–Kier alpha value is -1.52. The van der Waals surface area contributed by atoms with E-state index in [1.54, 1.807) is 6.07 Å². The molecule has 0 saturated carbocycles. The van der Waals surface area contributed by atoms with Crippen molar-refractivity contribution >= 4 is 19.6 Å². The molecule has 0 fully saturated rings. The Morgan fingerprint density at radius 1 is 1.31 bits per heavy atom. The van der Waals surface area contributed by atoms with Crippen LogP contribution >= 0.6 is 0 Å². The molecule has 1 aromatic heterocycles. The predicted molar refractivity (Wildman–Crippen MR) is 63.6 cm³/mol. The smallest absolute Gasteiger partial charge is 0.255 e. The SMILES string of the molecule is [B]C1NC(=O)c2ccc(C(C)(C)C)nc2N1. The van der Waals surface area contributed by atoms with Crippen molar-refractivity contribution in [2.45, 2.75) is 32.3 Å². The molecule has 82 valence electrons. The largest absolute Gasteiger partial charge is 0.358 e. The van der Waals surface area contributed by atoms with Crippen LogP contribution in [-0.2, 0) is 5.41 Å². The lowest BCUT2D eigenvalue weighted by Gasteiger charge is -2.27. The molecule has 1 atom stereocenters. The van der Waals surface area contributed by atoms with Crippen molar-refractivity contribution in [2.24, 2.45) is 0 Å². The first-order chi connectivity index (χ1) is 7.38. The number of carbonyl (C=O) groups is 1. The summed E-state index contributed by atoms with van der Waals surface area (Å²) in [6, 6.07) is 3.08. The lowest BCUT2D eigenvalue weighted by atomic mass is 9.91. The van der Waals surface area contributed by atoms with Crippen LogP contribution < -0.4 is 10.6 Å². The Morgan fingerprint density at radius 2 is 2.00 bits per heavy atom. The highest BCUT2D eigenvalue weighted by atomic mass is 16.2. The standard InChI is InChI=1S/C11H14BN3O/c1-11(2,3)7-5-4-6-8(13-7)14-10(12)15-9(6)16/h4-5,10H,1-3H3,(H,13,14)(H,15,16). The maximum Gasteiger partial charge on any atom is 0.255 e. The van der Waals surface area contributed by atoms with E-state index in [-0.39, 0.29) is 11.3 Å². The third-order valence-corrected chi connectivity index (χ3v) is 2.49. The molecule has 4 nitrogen and oxygen atoms in total. The van der Waals surface area contributed by atoms with Gasteiger partial charge in [-0.2, -0.15) is 0 Å². The van der Waals surface area contributed by atoms with Gasteiger partial charge < -0.3 is 10.6 Å². The molecular weight excluding hydrogens is 201 g/mol. The Labute approximate surface area is 96.2 Å². The molecule has 0 bridgehead atoms. The van der Waals surface area contributed by atoms with Gasteiger partial charge in [0, 0.05) is 11.1 Å². The van der Waals surface area contributed by atoms with Crippen LogP contribution in [0.3, 0.4) is 0 Å². The third kappa shape index (κ3) is 1.89. The van der Waals surface area contributed by atoms with Crippen molar-refractivity contribution < 1.29 is 4.79 Å². The molecule has 5 heteroatoms. The van der Waals surface area contributed by atoms with Gasteiger partial charge in [-0.15, -0.1) is 0 Å². The van der Waals surface area contributed by atoms with Gasteiger partial charge in [-0.05, 0) is 12.1 Å².